The van der Waals surface area contributed by atoms with Crippen LogP contribution in [0.2, 0.25) is 5.02 Å². The van der Waals surface area contributed by atoms with Crippen LogP contribution in [0.5, 0.6) is 5.75 Å². The van der Waals surface area contributed by atoms with Crippen molar-refractivity contribution in [3.63, 3.8) is 0 Å². The van der Waals surface area contributed by atoms with Crippen LogP contribution in [0.3, 0.4) is 0 Å². The van der Waals surface area contributed by atoms with Crippen LogP contribution in [0.1, 0.15) is 21.5 Å². The lowest BCUT2D eigenvalue weighted by atomic mass is 10.1. The first-order valence-corrected chi connectivity index (χ1v) is 9.04. The molecule has 0 aliphatic carbocycles. The molecule has 0 spiro atoms. The summed E-state index contributed by atoms with van der Waals surface area (Å²) in [7, 11) is 1.61. The van der Waals surface area contributed by atoms with E-state index < -0.39 is 5.97 Å². The summed E-state index contributed by atoms with van der Waals surface area (Å²) in [6.07, 6.45) is 1.76. The van der Waals surface area contributed by atoms with Crippen molar-refractivity contribution in [2.45, 2.75) is 6.92 Å². The van der Waals surface area contributed by atoms with E-state index in [1.54, 1.807) is 19.3 Å². The number of amides is 1. The van der Waals surface area contributed by atoms with E-state index in [2.05, 4.69) is 10.3 Å². The molecule has 0 bridgehead atoms. The number of carbonyl (C=O) groups is 2. The van der Waals surface area contributed by atoms with Crippen LogP contribution in [-0.2, 0) is 4.79 Å². The molecule has 1 heterocycles. The van der Waals surface area contributed by atoms with Gasteiger partial charge in [-0.15, -0.1) is 0 Å². The standard InChI is InChI=1S/C19H15ClN2O4S/c1-10-7-11(3-6-15(10)26-2)8-16-17(23)22-19(27-16)21-12-4-5-14(20)13(9-12)18(24)25/h3-9H,1-2H3,(H,24,25)(H,21,22,23)/b16-8+. The maximum atomic E-state index is 12.2. The average Bonchev–Trinajstić information content (AvgIpc) is 2.95. The number of thioether (sulfide) groups is 1. The molecule has 138 valence electrons. The zero-order valence-electron chi connectivity index (χ0n) is 14.4. The molecule has 2 N–H and O–H groups in total. The molecule has 0 atom stereocenters. The molecular weight excluding hydrogens is 388 g/mol. The van der Waals surface area contributed by atoms with Crippen molar-refractivity contribution in [1.29, 1.82) is 0 Å². The predicted octanol–water partition coefficient (Wildman–Crippen LogP) is 4.25. The number of hydrogen-bond donors (Lipinski definition) is 2. The number of methoxy groups -OCH3 is 1. The van der Waals surface area contributed by atoms with Gasteiger partial charge in [-0.3, -0.25) is 4.79 Å². The van der Waals surface area contributed by atoms with Crippen LogP contribution in [0.4, 0.5) is 5.69 Å². The molecule has 0 unspecified atom stereocenters. The van der Waals surface area contributed by atoms with E-state index in [-0.39, 0.29) is 16.5 Å². The Balaban J connectivity index is 1.85. The molecule has 0 aromatic heterocycles. The fourth-order valence-electron chi connectivity index (χ4n) is 2.49. The number of carboxylic acid groups (broad SMARTS) is 1. The Morgan fingerprint density at radius 2 is 2.07 bits per heavy atom. The normalized spacial score (nSPS) is 16.6. The van der Waals surface area contributed by atoms with Gasteiger partial charge in [0, 0.05) is 0 Å². The highest BCUT2D eigenvalue weighted by molar-refractivity contribution is 8.18. The summed E-state index contributed by atoms with van der Waals surface area (Å²) in [6, 6.07) is 10.0. The highest BCUT2D eigenvalue weighted by Gasteiger charge is 2.24. The van der Waals surface area contributed by atoms with Crippen LogP contribution in [-0.4, -0.2) is 29.3 Å². The molecule has 6 nitrogen and oxygen atoms in total. The van der Waals surface area contributed by atoms with E-state index in [0.29, 0.717) is 15.8 Å². The number of ether oxygens (including phenoxy) is 1. The first kappa shape index (κ1) is 19.0. The number of aryl methyl sites for hydroxylation is 1. The van der Waals surface area contributed by atoms with E-state index in [1.165, 1.54) is 23.9 Å². The van der Waals surface area contributed by atoms with Gasteiger partial charge < -0.3 is 15.2 Å². The Hall–Kier alpha value is -2.77. The summed E-state index contributed by atoms with van der Waals surface area (Å²) < 4.78 is 5.23. The molecular formula is C19H15ClN2O4S. The van der Waals surface area contributed by atoms with Crippen molar-refractivity contribution in [1.82, 2.24) is 5.32 Å². The Morgan fingerprint density at radius 3 is 2.74 bits per heavy atom. The smallest absolute Gasteiger partial charge is 0.337 e. The quantitative estimate of drug-likeness (QED) is 0.746. The van der Waals surface area contributed by atoms with Gasteiger partial charge in [0.2, 0.25) is 0 Å². The van der Waals surface area contributed by atoms with Crippen molar-refractivity contribution >= 4 is 52.2 Å². The third-order valence-electron chi connectivity index (χ3n) is 3.78. The Kier molecular flexibility index (Phi) is 5.53. The van der Waals surface area contributed by atoms with E-state index >= 15 is 0 Å². The second-order valence-corrected chi connectivity index (χ2v) is 7.12. The Morgan fingerprint density at radius 1 is 1.30 bits per heavy atom. The Bertz CT molecular complexity index is 1000. The molecule has 1 aliphatic rings. The Labute approximate surface area is 164 Å². The summed E-state index contributed by atoms with van der Waals surface area (Å²) in [5.74, 6) is -0.625. The van der Waals surface area contributed by atoms with Gasteiger partial charge in [-0.2, -0.15) is 0 Å². The van der Waals surface area contributed by atoms with Gasteiger partial charge in [0.1, 0.15) is 5.75 Å². The number of benzene rings is 2. The second-order valence-electron chi connectivity index (χ2n) is 5.68. The van der Waals surface area contributed by atoms with Crippen LogP contribution in [0.25, 0.3) is 6.08 Å². The van der Waals surface area contributed by atoms with Gasteiger partial charge in [-0.05, 0) is 66.2 Å². The number of amidine groups is 1. The van der Waals surface area contributed by atoms with Gasteiger partial charge in [0.15, 0.2) is 5.17 Å². The summed E-state index contributed by atoms with van der Waals surface area (Å²) in [5, 5.41) is 12.3. The highest BCUT2D eigenvalue weighted by atomic mass is 35.5. The number of carbonyl (C=O) groups excluding carboxylic acids is 1. The van der Waals surface area contributed by atoms with Gasteiger partial charge >= 0.3 is 5.97 Å². The summed E-state index contributed by atoms with van der Waals surface area (Å²) in [6.45, 7) is 1.93. The molecule has 0 radical (unpaired) electrons. The molecule has 0 saturated carbocycles. The lowest BCUT2D eigenvalue weighted by Gasteiger charge is -2.04. The third kappa shape index (κ3) is 4.32. The number of halogens is 1. The number of nitrogens with zero attached hydrogens (tertiary/aromatic N) is 1. The number of rotatable bonds is 4. The summed E-state index contributed by atoms with van der Waals surface area (Å²) >= 11 is 7.04. The maximum absolute atomic E-state index is 12.2. The van der Waals surface area contributed by atoms with Crippen LogP contribution in [0.15, 0.2) is 46.3 Å². The van der Waals surface area contributed by atoms with Crippen LogP contribution in [0, 0.1) is 6.92 Å². The molecule has 8 heteroatoms. The monoisotopic (exact) mass is 402 g/mol. The van der Waals surface area contributed by atoms with Gasteiger partial charge in [0.05, 0.1) is 28.3 Å². The maximum Gasteiger partial charge on any atom is 0.337 e. The van der Waals surface area contributed by atoms with Gasteiger partial charge in [-0.1, -0.05) is 17.7 Å². The topological polar surface area (TPSA) is 88.0 Å². The first-order chi connectivity index (χ1) is 12.9. The van der Waals surface area contributed by atoms with E-state index in [9.17, 15) is 9.59 Å². The van der Waals surface area contributed by atoms with Crippen LogP contribution < -0.4 is 10.1 Å². The van der Waals surface area contributed by atoms with Crippen molar-refractivity contribution in [2.24, 2.45) is 4.99 Å². The molecule has 3 rings (SSSR count). The second kappa shape index (κ2) is 7.85. The van der Waals surface area contributed by atoms with Crippen molar-refractivity contribution in [3.05, 3.63) is 63.0 Å². The fraction of sp³-hybridized carbons (Fsp3) is 0.105. The molecule has 1 saturated heterocycles. The number of hydrogen-bond acceptors (Lipinski definition) is 5. The fourth-order valence-corrected chi connectivity index (χ4v) is 3.53. The SMILES string of the molecule is COc1ccc(/C=C2/SC(=Nc3ccc(Cl)c(C(=O)O)c3)NC2=O)cc1C. The van der Waals surface area contributed by atoms with E-state index in [1.807, 2.05) is 25.1 Å². The third-order valence-corrected chi connectivity index (χ3v) is 5.02. The van der Waals surface area contributed by atoms with Crippen molar-refractivity contribution in [3.8, 4) is 5.75 Å². The van der Waals surface area contributed by atoms with Crippen molar-refractivity contribution in [2.75, 3.05) is 7.11 Å². The zero-order chi connectivity index (χ0) is 19.6. The minimum atomic E-state index is -1.14. The largest absolute Gasteiger partial charge is 0.496 e. The van der Waals surface area contributed by atoms with Gasteiger partial charge in [0.25, 0.3) is 5.91 Å². The highest BCUT2D eigenvalue weighted by Crippen LogP contribution is 2.30. The molecule has 1 fully saturated rings. The predicted molar refractivity (Wildman–Crippen MR) is 107 cm³/mol. The molecule has 2 aromatic carbocycles. The lowest BCUT2D eigenvalue weighted by Crippen LogP contribution is -2.19. The van der Waals surface area contributed by atoms with E-state index in [0.717, 1.165) is 16.9 Å². The molecule has 2 aromatic rings. The molecule has 27 heavy (non-hydrogen) atoms. The van der Waals surface area contributed by atoms with Gasteiger partial charge in [-0.25, -0.2) is 9.79 Å². The first-order valence-electron chi connectivity index (χ1n) is 7.84. The average molecular weight is 403 g/mol. The molecule has 1 amide bonds. The minimum Gasteiger partial charge on any atom is -0.496 e. The summed E-state index contributed by atoms with van der Waals surface area (Å²) in [4.78, 5) is 28.1. The van der Waals surface area contributed by atoms with Crippen LogP contribution >= 0.6 is 23.4 Å². The number of aromatic carboxylic acids is 1. The number of carboxylic acids is 1. The number of aliphatic imine (C=N–C) groups is 1. The molecule has 1 aliphatic heterocycles. The number of nitrogens with one attached hydrogen (secondary N) is 1. The summed E-state index contributed by atoms with van der Waals surface area (Å²) in [5.41, 5.74) is 2.18. The minimum absolute atomic E-state index is 0.0442. The van der Waals surface area contributed by atoms with Crippen molar-refractivity contribution < 1.29 is 19.4 Å². The zero-order valence-corrected chi connectivity index (χ0v) is 16.0. The lowest BCUT2D eigenvalue weighted by molar-refractivity contribution is -0.115. The van der Waals surface area contributed by atoms with E-state index in [4.69, 9.17) is 21.4 Å².